The largest absolute Gasteiger partial charge is 0.394 e. The lowest BCUT2D eigenvalue weighted by Gasteiger charge is -2.48. The van der Waals surface area contributed by atoms with Crippen molar-refractivity contribution in [1.29, 1.82) is 0 Å². The molecule has 19 nitrogen and oxygen atoms in total. The van der Waals surface area contributed by atoms with E-state index in [1.807, 2.05) is 6.08 Å². The third-order valence-electron chi connectivity index (χ3n) is 24.4. The van der Waals surface area contributed by atoms with E-state index in [-0.39, 0.29) is 18.9 Å². The molecule has 19 heteroatoms. The van der Waals surface area contributed by atoms with Gasteiger partial charge in [0.2, 0.25) is 5.91 Å². The lowest BCUT2D eigenvalue weighted by Crippen LogP contribution is -2.66. The summed E-state index contributed by atoms with van der Waals surface area (Å²) < 4.78 is 34.5. The zero-order valence-corrected chi connectivity index (χ0v) is 73.6. The smallest absolute Gasteiger partial charge is 0.220 e. The van der Waals surface area contributed by atoms with Crippen molar-refractivity contribution in [2.24, 2.45) is 0 Å². The molecular formula is C96H181NO18. The van der Waals surface area contributed by atoms with Gasteiger partial charge in [-0.15, -0.1) is 0 Å². The zero-order chi connectivity index (χ0) is 83.1. The Bertz CT molecular complexity index is 2210. The number of aliphatic hydroxyl groups is 11. The number of ether oxygens (including phenoxy) is 6. The van der Waals surface area contributed by atoms with Crippen molar-refractivity contribution in [3.63, 3.8) is 0 Å². The van der Waals surface area contributed by atoms with Gasteiger partial charge in [0, 0.05) is 6.42 Å². The first kappa shape index (κ1) is 107. The molecule has 3 rings (SSSR count). The summed E-state index contributed by atoms with van der Waals surface area (Å²) in [6.07, 6.45) is 72.0. The number of nitrogens with one attached hydrogen (secondary N) is 1. The van der Waals surface area contributed by atoms with Crippen molar-refractivity contribution in [2.75, 3.05) is 26.4 Å². The maximum Gasteiger partial charge on any atom is 0.220 e. The number of unbranched alkanes of at least 4 members (excludes halogenated alkanes) is 61. The molecule has 12 N–H and O–H groups in total. The second kappa shape index (κ2) is 75.7. The second-order valence-electron chi connectivity index (χ2n) is 34.9. The van der Waals surface area contributed by atoms with Crippen LogP contribution in [0.15, 0.2) is 36.5 Å². The van der Waals surface area contributed by atoms with E-state index in [1.165, 1.54) is 360 Å². The van der Waals surface area contributed by atoms with E-state index in [9.17, 15) is 61.0 Å². The molecule has 0 spiro atoms. The topological polar surface area (TPSA) is 307 Å². The highest BCUT2D eigenvalue weighted by Crippen LogP contribution is 2.34. The van der Waals surface area contributed by atoms with Gasteiger partial charge in [0.25, 0.3) is 0 Å². The highest BCUT2D eigenvalue weighted by atomic mass is 16.8. The Morgan fingerprint density at radius 3 is 0.870 bits per heavy atom. The minimum atomic E-state index is -1.98. The summed E-state index contributed by atoms with van der Waals surface area (Å²) in [6.45, 7) is 1.79. The van der Waals surface area contributed by atoms with Crippen LogP contribution in [0.5, 0.6) is 0 Å². The number of aliphatic hydroxyl groups excluding tert-OH is 11. The van der Waals surface area contributed by atoms with E-state index < -0.39 is 124 Å². The molecule has 17 unspecified atom stereocenters. The number of allylic oxidation sites excluding steroid dienone is 5. The lowest BCUT2D eigenvalue weighted by molar-refractivity contribution is -0.379. The predicted molar refractivity (Wildman–Crippen MR) is 466 cm³/mol. The zero-order valence-electron chi connectivity index (χ0n) is 73.6. The fourth-order valence-corrected chi connectivity index (χ4v) is 16.7. The molecule has 17 atom stereocenters. The minimum absolute atomic E-state index is 0.237. The average Bonchev–Trinajstić information content (AvgIpc) is 0.778. The van der Waals surface area contributed by atoms with Crippen molar-refractivity contribution >= 4 is 5.91 Å². The molecule has 0 aromatic carbocycles. The summed E-state index contributed by atoms with van der Waals surface area (Å²) in [5.74, 6) is -0.280. The first-order valence-corrected chi connectivity index (χ1v) is 48.7. The Kier molecular flexibility index (Phi) is 70.6. The van der Waals surface area contributed by atoms with Gasteiger partial charge in [-0.05, 0) is 44.9 Å². The number of hydrogen-bond donors (Lipinski definition) is 12. The first-order valence-electron chi connectivity index (χ1n) is 48.7. The van der Waals surface area contributed by atoms with E-state index in [0.29, 0.717) is 12.8 Å². The van der Waals surface area contributed by atoms with E-state index in [0.717, 1.165) is 44.9 Å². The monoisotopic (exact) mass is 1640 g/mol. The maximum absolute atomic E-state index is 13.5. The molecule has 115 heavy (non-hydrogen) atoms. The maximum atomic E-state index is 13.5. The molecular weight excluding hydrogens is 1460 g/mol. The molecule has 0 radical (unpaired) electrons. The predicted octanol–water partition coefficient (Wildman–Crippen LogP) is 19.8. The van der Waals surface area contributed by atoms with Crippen molar-refractivity contribution in [2.45, 2.75) is 542 Å². The molecule has 3 heterocycles. The van der Waals surface area contributed by atoms with Gasteiger partial charge in [-0.25, -0.2) is 0 Å². The number of hydrogen-bond acceptors (Lipinski definition) is 18. The number of rotatable bonds is 81. The molecule has 3 aliphatic rings. The van der Waals surface area contributed by atoms with Crippen LogP contribution in [0, 0.1) is 0 Å². The van der Waals surface area contributed by atoms with E-state index in [4.69, 9.17) is 28.4 Å². The summed E-state index contributed by atoms with van der Waals surface area (Å²) in [5.41, 5.74) is 0. The van der Waals surface area contributed by atoms with Crippen LogP contribution in [-0.4, -0.2) is 193 Å². The molecule has 3 saturated heterocycles. The standard InChI is InChI=1S/C96H181NO18/c1-3-5-7-9-11-13-15-17-19-21-23-25-27-29-31-33-35-36-37-38-39-40-41-42-44-46-48-50-52-54-56-58-60-62-64-66-68-70-72-74-84(102)97-79(80(101)73-71-69-67-65-63-61-59-57-55-53-51-49-47-45-43-34-32-30-28-26-24-22-20-18-16-14-12-10-8-6-4-2)78-110-94-90(108)87(105)92(82(76-99)112-94)115-96-91(109)88(106)93(83(77-100)113-96)114-95-89(107)86(104)85(103)81(75-98)111-95/h55,57,63,65,71,73,79-83,85-96,98-101,103-109H,3-54,56,58-62,64,66-70,72,74-78H2,1-2H3,(H,97,102)/b57-55+,65-63+,73-71+. The lowest BCUT2D eigenvalue weighted by atomic mass is 9.96. The van der Waals surface area contributed by atoms with E-state index in [1.54, 1.807) is 6.08 Å². The fraction of sp³-hybridized carbons (Fsp3) is 0.927. The van der Waals surface area contributed by atoms with Gasteiger partial charge in [0.1, 0.15) is 73.2 Å². The summed E-state index contributed by atoms with van der Waals surface area (Å²) in [7, 11) is 0. The van der Waals surface area contributed by atoms with Crippen LogP contribution in [0.4, 0.5) is 0 Å². The normalized spacial score (nSPS) is 24.7. The molecule has 0 aromatic heterocycles. The summed E-state index contributed by atoms with van der Waals surface area (Å²) >= 11 is 0. The minimum Gasteiger partial charge on any atom is -0.394 e. The second-order valence-corrected chi connectivity index (χ2v) is 34.9. The van der Waals surface area contributed by atoms with Crippen LogP contribution >= 0.6 is 0 Å². The van der Waals surface area contributed by atoms with Gasteiger partial charge >= 0.3 is 0 Å². The molecule has 678 valence electrons. The Balaban J connectivity index is 1.30. The van der Waals surface area contributed by atoms with E-state index in [2.05, 4.69) is 43.5 Å². The Morgan fingerprint density at radius 1 is 0.304 bits per heavy atom. The Hall–Kier alpha value is -1.99. The molecule has 0 bridgehead atoms. The van der Waals surface area contributed by atoms with Gasteiger partial charge in [-0.2, -0.15) is 0 Å². The van der Waals surface area contributed by atoms with Gasteiger partial charge in [-0.1, -0.05) is 423 Å². The summed E-state index contributed by atoms with van der Waals surface area (Å²) in [5, 5.41) is 121. The highest BCUT2D eigenvalue weighted by molar-refractivity contribution is 5.76. The molecule has 0 aromatic rings. The van der Waals surface area contributed by atoms with Crippen LogP contribution in [-0.2, 0) is 33.2 Å². The Morgan fingerprint density at radius 2 is 0.557 bits per heavy atom. The molecule has 1 amide bonds. The highest BCUT2D eigenvalue weighted by Gasteiger charge is 2.54. The number of carbonyl (C=O) groups excluding carboxylic acids is 1. The molecule has 3 fully saturated rings. The molecule has 0 aliphatic carbocycles. The first-order chi connectivity index (χ1) is 56.3. The van der Waals surface area contributed by atoms with Gasteiger partial charge < -0.3 is 89.9 Å². The quantitative estimate of drug-likeness (QED) is 0.0199. The third kappa shape index (κ3) is 53.6. The molecule has 3 aliphatic heterocycles. The van der Waals surface area contributed by atoms with Crippen LogP contribution in [0.2, 0.25) is 0 Å². The van der Waals surface area contributed by atoms with Crippen LogP contribution in [0.1, 0.15) is 438 Å². The van der Waals surface area contributed by atoms with Crippen LogP contribution in [0.3, 0.4) is 0 Å². The summed E-state index contributed by atoms with van der Waals surface area (Å²) in [6, 6.07) is -0.998. The van der Waals surface area contributed by atoms with Gasteiger partial charge in [-0.3, -0.25) is 4.79 Å². The Labute approximate surface area is 701 Å². The number of carbonyl (C=O) groups is 1. The fourth-order valence-electron chi connectivity index (χ4n) is 16.7. The van der Waals surface area contributed by atoms with Gasteiger partial charge in [0.05, 0.1) is 38.6 Å². The van der Waals surface area contributed by atoms with Crippen molar-refractivity contribution in [1.82, 2.24) is 5.32 Å². The molecule has 0 saturated carbocycles. The third-order valence-corrected chi connectivity index (χ3v) is 24.4. The number of amides is 1. The van der Waals surface area contributed by atoms with Gasteiger partial charge in [0.15, 0.2) is 18.9 Å². The summed E-state index contributed by atoms with van der Waals surface area (Å²) in [4.78, 5) is 13.5. The van der Waals surface area contributed by atoms with Crippen molar-refractivity contribution in [3.05, 3.63) is 36.5 Å². The average molecular weight is 1640 g/mol. The van der Waals surface area contributed by atoms with Crippen LogP contribution < -0.4 is 5.32 Å². The van der Waals surface area contributed by atoms with E-state index >= 15 is 0 Å². The van der Waals surface area contributed by atoms with Crippen molar-refractivity contribution < 1.29 is 89.4 Å². The van der Waals surface area contributed by atoms with Crippen LogP contribution in [0.25, 0.3) is 0 Å². The van der Waals surface area contributed by atoms with Crippen molar-refractivity contribution in [3.8, 4) is 0 Å². The SMILES string of the molecule is CCCCCCCCCCCCCCCCCCCCCCC/C=C/CC/C=C/CC/C=C/C(O)C(COC1OC(CO)C(OC2OC(CO)C(OC3OC(CO)C(O)C(O)C3O)C(O)C2O)C(O)C1O)NC(=O)CCCCCCCCCCCCCCCCCCCCCCCCCCCCCCCCCCCCCCCCC.